The van der Waals surface area contributed by atoms with E-state index in [2.05, 4.69) is 37.2 Å². The summed E-state index contributed by atoms with van der Waals surface area (Å²) in [6.07, 6.45) is 2.07. The molecule has 1 aromatic rings. The first kappa shape index (κ1) is 41.5. The Morgan fingerprint density at radius 2 is 1.52 bits per heavy atom. The smallest absolute Gasteiger partial charge is 0.243 e. The van der Waals surface area contributed by atoms with Crippen LogP contribution in [-0.2, 0) is 44.8 Å². The van der Waals surface area contributed by atoms with E-state index in [4.69, 9.17) is 17.3 Å². The minimum absolute atomic E-state index is 0.0372. The summed E-state index contributed by atoms with van der Waals surface area (Å²) >= 11 is 6.04. The van der Waals surface area contributed by atoms with Crippen molar-refractivity contribution in [2.24, 2.45) is 5.73 Å². The monoisotopic (exact) mass is 694 g/mol. The summed E-state index contributed by atoms with van der Waals surface area (Å²) in [5, 5.41) is 18.2. The fourth-order valence-electron chi connectivity index (χ4n) is 4.52. The molecule has 4 atom stereocenters. The number of rotatable bonds is 23. The summed E-state index contributed by atoms with van der Waals surface area (Å²) in [6.45, 7) is 2.43. The van der Waals surface area contributed by atoms with Gasteiger partial charge in [0.15, 0.2) is 0 Å². The van der Waals surface area contributed by atoms with Crippen molar-refractivity contribution in [3.63, 3.8) is 0 Å². The molecule has 1 aromatic carbocycles. The normalized spacial score (nSPS) is 13.1. The van der Waals surface area contributed by atoms with Crippen LogP contribution in [0.2, 0.25) is 5.02 Å². The number of hydrogen-bond acceptors (Lipinski definition) is 9. The third-order valence-electron chi connectivity index (χ3n) is 7.04. The van der Waals surface area contributed by atoms with Gasteiger partial charge in [-0.2, -0.15) is 0 Å². The van der Waals surface area contributed by atoms with Gasteiger partial charge in [0.1, 0.15) is 24.4 Å². The number of aldehydes is 1. The first-order chi connectivity index (χ1) is 22.8. The number of unbranched alkanes of at least 4 members (excludes halogenated alkanes) is 1. The Balaban J connectivity index is 2.99. The fraction of sp³-hybridized carbons (Fsp3) is 0.548. The first-order valence-electron chi connectivity index (χ1n) is 15.6. The molecule has 17 heteroatoms. The van der Waals surface area contributed by atoms with Crippen molar-refractivity contribution in [1.82, 2.24) is 37.2 Å². The number of nitrogens with two attached hydrogens (primary N) is 1. The zero-order valence-corrected chi connectivity index (χ0v) is 28.2. The van der Waals surface area contributed by atoms with E-state index in [0.29, 0.717) is 29.7 Å². The largest absolute Gasteiger partial charge is 0.368 e. The van der Waals surface area contributed by atoms with Crippen molar-refractivity contribution >= 4 is 59.2 Å². The van der Waals surface area contributed by atoms with Crippen LogP contribution >= 0.6 is 11.6 Å². The van der Waals surface area contributed by atoms with Crippen LogP contribution in [0.4, 0.5) is 0 Å². The topological polar surface area (TPSA) is 247 Å². The minimum Gasteiger partial charge on any atom is -0.368 e. The quantitative estimate of drug-likeness (QED) is 0.0610. The highest BCUT2D eigenvalue weighted by atomic mass is 35.5. The van der Waals surface area contributed by atoms with Crippen molar-refractivity contribution in [2.45, 2.75) is 83.0 Å². The Bertz CT molecular complexity index is 1280. The second-order valence-corrected chi connectivity index (χ2v) is 11.4. The second-order valence-electron chi connectivity index (χ2n) is 11.0. The molecule has 0 radical (unpaired) electrons. The van der Waals surface area contributed by atoms with Crippen LogP contribution in [0.15, 0.2) is 24.3 Å². The van der Waals surface area contributed by atoms with Crippen molar-refractivity contribution < 1.29 is 38.4 Å². The Labute approximate surface area is 284 Å². The molecular weight excluding hydrogens is 648 g/mol. The highest BCUT2D eigenvalue weighted by Gasteiger charge is 2.28. The number of carbonyl (C=O) groups excluding carboxylic acids is 8. The van der Waals surface area contributed by atoms with Gasteiger partial charge in [0, 0.05) is 31.3 Å². The zero-order valence-electron chi connectivity index (χ0n) is 27.5. The van der Waals surface area contributed by atoms with Crippen LogP contribution < -0.4 is 43.0 Å². The minimum atomic E-state index is -1.28. The van der Waals surface area contributed by atoms with E-state index in [1.54, 1.807) is 31.3 Å². The zero-order chi connectivity index (χ0) is 36.1. The standard InChI is InChI=1S/C31H47ClN8O8/c1-4-5-9-23(38-19(2)42)31(48)40-24(10-11-26(43)35-13-12-22(34-3)28(33)45)29(46)37-18-27(44)39-25(30(47)36-14-15-41)17-20-7-6-8-21(32)16-20/h6-8,15-16,22-25,34H,4-5,9-14,17-18H2,1-3H3,(H2,33,45)(H,35,43)(H,36,47)(H,37,46)(H,38,42)(H,39,44)(H,40,48)/t22?,23-,24?,25?/m0/s1. The van der Waals surface area contributed by atoms with E-state index in [-0.39, 0.29) is 38.8 Å². The lowest BCUT2D eigenvalue weighted by molar-refractivity contribution is -0.133. The number of nitrogens with one attached hydrogen (secondary N) is 7. The fourth-order valence-corrected chi connectivity index (χ4v) is 4.74. The highest BCUT2D eigenvalue weighted by molar-refractivity contribution is 6.30. The summed E-state index contributed by atoms with van der Waals surface area (Å²) in [6, 6.07) is 2.67. The number of carbonyl (C=O) groups is 8. The van der Waals surface area contributed by atoms with Crippen molar-refractivity contribution in [3.05, 3.63) is 34.9 Å². The van der Waals surface area contributed by atoms with Gasteiger partial charge in [0.05, 0.1) is 19.1 Å². The van der Waals surface area contributed by atoms with Gasteiger partial charge in [-0.3, -0.25) is 33.6 Å². The molecule has 0 heterocycles. The van der Waals surface area contributed by atoms with Crippen molar-refractivity contribution in [1.29, 1.82) is 0 Å². The Hall–Kier alpha value is -4.57. The summed E-state index contributed by atoms with van der Waals surface area (Å²) < 4.78 is 0. The molecule has 48 heavy (non-hydrogen) atoms. The van der Waals surface area contributed by atoms with E-state index in [0.717, 1.165) is 6.42 Å². The maximum Gasteiger partial charge on any atom is 0.243 e. The molecule has 16 nitrogen and oxygen atoms in total. The molecule has 0 fully saturated rings. The highest BCUT2D eigenvalue weighted by Crippen LogP contribution is 2.12. The summed E-state index contributed by atoms with van der Waals surface area (Å²) in [5.74, 6) is -4.29. The molecule has 0 bridgehead atoms. The lowest BCUT2D eigenvalue weighted by Gasteiger charge is -2.23. The molecule has 0 aromatic heterocycles. The molecule has 0 aliphatic heterocycles. The summed E-state index contributed by atoms with van der Waals surface area (Å²) in [7, 11) is 1.56. The van der Waals surface area contributed by atoms with E-state index in [1.807, 2.05) is 6.92 Å². The van der Waals surface area contributed by atoms with Crippen LogP contribution in [0.3, 0.4) is 0 Å². The van der Waals surface area contributed by atoms with Gasteiger partial charge in [-0.1, -0.05) is 43.5 Å². The SMILES string of the molecule is CCCC[C@H](NC(C)=O)C(=O)NC(CCC(=O)NCCC(NC)C(N)=O)C(=O)NCC(=O)NC(Cc1cccc(Cl)c1)C(=O)NCC=O. The number of primary amides is 1. The van der Waals surface area contributed by atoms with Crippen LogP contribution in [0, 0.1) is 0 Å². The predicted octanol–water partition coefficient (Wildman–Crippen LogP) is -1.66. The molecule has 0 aliphatic rings. The lowest BCUT2D eigenvalue weighted by atomic mass is 10.0. The third kappa shape index (κ3) is 16.8. The Morgan fingerprint density at radius 1 is 0.833 bits per heavy atom. The predicted molar refractivity (Wildman–Crippen MR) is 177 cm³/mol. The number of amides is 7. The van der Waals surface area contributed by atoms with Gasteiger partial charge in [0.2, 0.25) is 41.4 Å². The average molecular weight is 695 g/mol. The molecule has 0 saturated carbocycles. The van der Waals surface area contributed by atoms with Gasteiger partial charge in [-0.25, -0.2) is 0 Å². The van der Waals surface area contributed by atoms with Crippen LogP contribution in [-0.4, -0.2) is 98.5 Å². The van der Waals surface area contributed by atoms with Gasteiger partial charge in [0.25, 0.3) is 0 Å². The van der Waals surface area contributed by atoms with E-state index in [9.17, 15) is 38.4 Å². The van der Waals surface area contributed by atoms with Gasteiger partial charge in [-0.15, -0.1) is 0 Å². The van der Waals surface area contributed by atoms with E-state index >= 15 is 0 Å². The molecule has 3 unspecified atom stereocenters. The molecule has 266 valence electrons. The Kier molecular flexibility index (Phi) is 19.8. The molecule has 0 spiro atoms. The number of hydrogen-bond donors (Lipinski definition) is 8. The van der Waals surface area contributed by atoms with Crippen molar-refractivity contribution in [2.75, 3.05) is 26.7 Å². The molecular formula is C31H47ClN8O8. The molecule has 9 N–H and O–H groups in total. The Morgan fingerprint density at radius 3 is 2.12 bits per heavy atom. The molecule has 0 saturated heterocycles. The lowest BCUT2D eigenvalue weighted by Crippen LogP contribution is -2.55. The second kappa shape index (κ2) is 22.9. The van der Waals surface area contributed by atoms with E-state index < -0.39 is 72.1 Å². The van der Waals surface area contributed by atoms with E-state index in [1.165, 1.54) is 6.92 Å². The van der Waals surface area contributed by atoms with Gasteiger partial charge >= 0.3 is 0 Å². The first-order valence-corrected chi connectivity index (χ1v) is 16.0. The molecule has 1 rings (SSSR count). The summed E-state index contributed by atoms with van der Waals surface area (Å²) in [5.41, 5.74) is 5.92. The number of halogens is 1. The molecule has 7 amide bonds. The average Bonchev–Trinajstić information content (AvgIpc) is 3.03. The van der Waals surface area contributed by atoms with Gasteiger partial charge < -0.3 is 47.7 Å². The van der Waals surface area contributed by atoms with Crippen LogP contribution in [0.25, 0.3) is 0 Å². The van der Waals surface area contributed by atoms with Crippen LogP contribution in [0.1, 0.15) is 57.9 Å². The third-order valence-corrected chi connectivity index (χ3v) is 7.28. The van der Waals surface area contributed by atoms with Gasteiger partial charge in [-0.05, 0) is 44.0 Å². The van der Waals surface area contributed by atoms with Crippen LogP contribution in [0.5, 0.6) is 0 Å². The maximum atomic E-state index is 13.2. The maximum absolute atomic E-state index is 13.2. The number of likely N-dealkylation sites (N-methyl/N-ethyl adjacent to an activating group) is 1. The van der Waals surface area contributed by atoms with Crippen molar-refractivity contribution in [3.8, 4) is 0 Å². The molecule has 0 aliphatic carbocycles. The summed E-state index contributed by atoms with van der Waals surface area (Å²) in [4.78, 5) is 98.3. The number of benzene rings is 1.